The lowest BCUT2D eigenvalue weighted by atomic mass is 10.1. The van der Waals surface area contributed by atoms with Gasteiger partial charge in [-0.25, -0.2) is 0 Å². The smallest absolute Gasteiger partial charge is 0.306 e. The molecule has 1 fully saturated rings. The van der Waals surface area contributed by atoms with Gasteiger partial charge in [-0.3, -0.25) is 4.79 Å². The van der Waals surface area contributed by atoms with Crippen molar-refractivity contribution in [3.05, 3.63) is 35.9 Å². The van der Waals surface area contributed by atoms with Gasteiger partial charge >= 0.3 is 5.97 Å². The minimum Gasteiger partial charge on any atom is -0.462 e. The fourth-order valence-electron chi connectivity index (χ4n) is 1.32. The van der Waals surface area contributed by atoms with E-state index >= 15 is 0 Å². The first-order valence-electron chi connectivity index (χ1n) is 5.08. The Morgan fingerprint density at radius 1 is 1.29 bits per heavy atom. The van der Waals surface area contributed by atoms with E-state index in [9.17, 15) is 4.79 Å². The van der Waals surface area contributed by atoms with Gasteiger partial charge in [-0.2, -0.15) is 0 Å². The molecule has 1 saturated carbocycles. The number of rotatable bonds is 4. The van der Waals surface area contributed by atoms with Crippen LogP contribution in [0.1, 0.15) is 24.8 Å². The van der Waals surface area contributed by atoms with Gasteiger partial charge in [0, 0.05) is 6.42 Å². The molecule has 2 nitrogen and oxygen atoms in total. The molecule has 0 unspecified atom stereocenters. The zero-order valence-corrected chi connectivity index (χ0v) is 8.11. The highest BCUT2D eigenvalue weighted by molar-refractivity contribution is 5.70. The van der Waals surface area contributed by atoms with Crippen molar-refractivity contribution in [1.82, 2.24) is 0 Å². The fraction of sp³-hybridized carbons (Fsp3) is 0.417. The quantitative estimate of drug-likeness (QED) is 0.681. The van der Waals surface area contributed by atoms with Gasteiger partial charge in [0.05, 0.1) is 0 Å². The van der Waals surface area contributed by atoms with E-state index in [0.717, 1.165) is 19.3 Å². The first kappa shape index (κ1) is 9.25. The summed E-state index contributed by atoms with van der Waals surface area (Å²) in [6.45, 7) is 0. The number of ether oxygens (including phenoxy) is 1. The Balaban J connectivity index is 1.73. The molecule has 0 spiro atoms. The highest BCUT2D eigenvalue weighted by Gasteiger charge is 2.25. The highest BCUT2D eigenvalue weighted by Crippen LogP contribution is 2.24. The van der Waals surface area contributed by atoms with Crippen LogP contribution < -0.4 is 0 Å². The molecule has 14 heavy (non-hydrogen) atoms. The number of carbonyl (C=O) groups excluding carboxylic acids is 1. The summed E-state index contributed by atoms with van der Waals surface area (Å²) in [5.74, 6) is -0.0589. The number of aryl methyl sites for hydroxylation is 1. The second-order valence-electron chi connectivity index (χ2n) is 3.67. The average molecular weight is 190 g/mol. The van der Waals surface area contributed by atoms with Gasteiger partial charge in [0.25, 0.3) is 0 Å². The molecule has 0 aromatic heterocycles. The van der Waals surface area contributed by atoms with Crippen LogP contribution in [-0.4, -0.2) is 12.1 Å². The maximum absolute atomic E-state index is 11.2. The van der Waals surface area contributed by atoms with Crippen LogP contribution in [0.3, 0.4) is 0 Å². The van der Waals surface area contributed by atoms with Gasteiger partial charge in [0.1, 0.15) is 6.10 Å². The first-order valence-corrected chi connectivity index (χ1v) is 5.08. The summed E-state index contributed by atoms with van der Waals surface area (Å²) < 4.78 is 5.14. The summed E-state index contributed by atoms with van der Waals surface area (Å²) in [7, 11) is 0. The lowest BCUT2D eigenvalue weighted by Crippen LogP contribution is -2.06. The summed E-state index contributed by atoms with van der Waals surface area (Å²) in [5.41, 5.74) is 1.19. The van der Waals surface area contributed by atoms with E-state index in [0.29, 0.717) is 6.42 Å². The Morgan fingerprint density at radius 2 is 2.00 bits per heavy atom. The maximum atomic E-state index is 11.2. The van der Waals surface area contributed by atoms with Gasteiger partial charge in [-0.15, -0.1) is 0 Å². The monoisotopic (exact) mass is 190 g/mol. The normalized spacial score (nSPS) is 15.1. The van der Waals surface area contributed by atoms with E-state index in [2.05, 4.69) is 0 Å². The van der Waals surface area contributed by atoms with Crippen LogP contribution in [0.15, 0.2) is 30.3 Å². The molecule has 1 aromatic rings. The van der Waals surface area contributed by atoms with E-state index in [1.165, 1.54) is 5.56 Å². The number of hydrogen-bond donors (Lipinski definition) is 0. The molecule has 2 heteroatoms. The van der Waals surface area contributed by atoms with Crippen molar-refractivity contribution in [2.24, 2.45) is 0 Å². The van der Waals surface area contributed by atoms with Crippen LogP contribution in [0.25, 0.3) is 0 Å². The summed E-state index contributed by atoms with van der Waals surface area (Å²) >= 11 is 0. The van der Waals surface area contributed by atoms with Crippen molar-refractivity contribution in [2.45, 2.75) is 31.8 Å². The standard InChI is InChI=1S/C12H14O2/c13-12(14-11-7-8-11)9-6-10-4-2-1-3-5-10/h1-5,11H,6-9H2. The second-order valence-corrected chi connectivity index (χ2v) is 3.67. The Morgan fingerprint density at radius 3 is 2.64 bits per heavy atom. The minimum absolute atomic E-state index is 0.0589. The van der Waals surface area contributed by atoms with E-state index in [1.54, 1.807) is 0 Å². The fourth-order valence-corrected chi connectivity index (χ4v) is 1.32. The van der Waals surface area contributed by atoms with Crippen molar-refractivity contribution in [1.29, 1.82) is 0 Å². The highest BCUT2D eigenvalue weighted by atomic mass is 16.5. The van der Waals surface area contributed by atoms with Crippen molar-refractivity contribution in [2.75, 3.05) is 0 Å². The van der Waals surface area contributed by atoms with E-state index < -0.39 is 0 Å². The molecule has 0 atom stereocenters. The third-order valence-corrected chi connectivity index (χ3v) is 2.28. The number of carbonyl (C=O) groups is 1. The van der Waals surface area contributed by atoms with Crippen LogP contribution in [-0.2, 0) is 16.0 Å². The molecule has 1 aromatic carbocycles. The topological polar surface area (TPSA) is 26.3 Å². The zero-order chi connectivity index (χ0) is 9.80. The summed E-state index contributed by atoms with van der Waals surface area (Å²) in [4.78, 5) is 11.2. The van der Waals surface area contributed by atoms with Gasteiger partial charge in [0.2, 0.25) is 0 Å². The molecule has 0 bridgehead atoms. The van der Waals surface area contributed by atoms with Gasteiger partial charge in [-0.05, 0) is 24.8 Å². The Hall–Kier alpha value is -1.31. The van der Waals surface area contributed by atoms with Crippen molar-refractivity contribution >= 4 is 5.97 Å². The van der Waals surface area contributed by atoms with Gasteiger partial charge in [-0.1, -0.05) is 30.3 Å². The van der Waals surface area contributed by atoms with Crippen molar-refractivity contribution in [3.63, 3.8) is 0 Å². The van der Waals surface area contributed by atoms with Crippen LogP contribution in [0, 0.1) is 0 Å². The molecule has 1 aliphatic carbocycles. The molecule has 0 heterocycles. The lowest BCUT2D eigenvalue weighted by Gasteiger charge is -2.02. The third kappa shape index (κ3) is 2.87. The molecule has 0 N–H and O–H groups in total. The number of hydrogen-bond acceptors (Lipinski definition) is 2. The maximum Gasteiger partial charge on any atom is 0.306 e. The first-order chi connectivity index (χ1) is 6.84. The van der Waals surface area contributed by atoms with E-state index in [4.69, 9.17) is 4.74 Å². The summed E-state index contributed by atoms with van der Waals surface area (Å²) in [6.07, 6.45) is 3.62. The zero-order valence-electron chi connectivity index (χ0n) is 8.11. The average Bonchev–Trinajstić information content (AvgIpc) is 3.00. The third-order valence-electron chi connectivity index (χ3n) is 2.28. The van der Waals surface area contributed by atoms with Crippen LogP contribution in [0.5, 0.6) is 0 Å². The molecule has 1 aliphatic rings. The molecule has 2 rings (SSSR count). The second kappa shape index (κ2) is 4.27. The Labute approximate surface area is 83.9 Å². The van der Waals surface area contributed by atoms with Gasteiger partial charge < -0.3 is 4.74 Å². The van der Waals surface area contributed by atoms with Gasteiger partial charge in [0.15, 0.2) is 0 Å². The largest absolute Gasteiger partial charge is 0.462 e. The number of benzene rings is 1. The van der Waals surface area contributed by atoms with E-state index in [-0.39, 0.29) is 12.1 Å². The predicted molar refractivity (Wildman–Crippen MR) is 53.9 cm³/mol. The molecular weight excluding hydrogens is 176 g/mol. The lowest BCUT2D eigenvalue weighted by molar-refractivity contribution is -0.144. The Kier molecular flexibility index (Phi) is 2.82. The SMILES string of the molecule is O=C(CCc1ccccc1)OC1CC1. The minimum atomic E-state index is -0.0589. The molecule has 74 valence electrons. The molecule has 0 aliphatic heterocycles. The summed E-state index contributed by atoms with van der Waals surface area (Å²) in [5, 5.41) is 0. The van der Waals surface area contributed by atoms with Crippen molar-refractivity contribution < 1.29 is 9.53 Å². The predicted octanol–water partition coefficient (Wildman–Crippen LogP) is 2.32. The van der Waals surface area contributed by atoms with Crippen LogP contribution in [0.2, 0.25) is 0 Å². The Bertz CT molecular complexity index is 301. The molecule has 0 saturated heterocycles. The van der Waals surface area contributed by atoms with Crippen LogP contribution >= 0.6 is 0 Å². The molecular formula is C12H14O2. The summed E-state index contributed by atoms with van der Waals surface area (Å²) in [6, 6.07) is 10.0. The molecule has 0 radical (unpaired) electrons. The molecule has 0 amide bonds. The van der Waals surface area contributed by atoms with Crippen LogP contribution in [0.4, 0.5) is 0 Å². The van der Waals surface area contributed by atoms with E-state index in [1.807, 2.05) is 30.3 Å². The van der Waals surface area contributed by atoms with Crippen molar-refractivity contribution in [3.8, 4) is 0 Å². The number of esters is 1.